The standard InChI is InChI=1S/C9H20N2O2S/c1-4-11-9(12)5-6-10-7-8(2)14(3)13/h8,10H,4-7H2,1-3H3,(H,11,12). The van der Waals surface area contributed by atoms with E-state index in [1.165, 1.54) is 0 Å². The molecule has 0 saturated heterocycles. The highest BCUT2D eigenvalue weighted by molar-refractivity contribution is 7.84. The van der Waals surface area contributed by atoms with Gasteiger partial charge < -0.3 is 10.6 Å². The fraction of sp³-hybridized carbons (Fsp3) is 0.889. The molecule has 4 nitrogen and oxygen atoms in total. The zero-order chi connectivity index (χ0) is 11.0. The van der Waals surface area contributed by atoms with E-state index in [2.05, 4.69) is 10.6 Å². The van der Waals surface area contributed by atoms with E-state index in [0.717, 1.165) is 0 Å². The maximum absolute atomic E-state index is 11.0. The quantitative estimate of drug-likeness (QED) is 0.588. The highest BCUT2D eigenvalue weighted by atomic mass is 32.2. The van der Waals surface area contributed by atoms with Crippen LogP contribution in [0, 0.1) is 0 Å². The van der Waals surface area contributed by atoms with Gasteiger partial charge in [-0.25, -0.2) is 0 Å². The molecule has 2 N–H and O–H groups in total. The lowest BCUT2D eigenvalue weighted by molar-refractivity contribution is -0.120. The molecule has 2 unspecified atom stereocenters. The number of rotatable bonds is 7. The Morgan fingerprint density at radius 3 is 2.64 bits per heavy atom. The van der Waals surface area contributed by atoms with Crippen LogP contribution in [0.2, 0.25) is 0 Å². The van der Waals surface area contributed by atoms with Crippen LogP contribution in [0.4, 0.5) is 0 Å². The van der Waals surface area contributed by atoms with E-state index in [0.29, 0.717) is 26.1 Å². The van der Waals surface area contributed by atoms with Crippen LogP contribution >= 0.6 is 0 Å². The first kappa shape index (κ1) is 13.6. The van der Waals surface area contributed by atoms with Crippen LogP contribution in [0.3, 0.4) is 0 Å². The minimum absolute atomic E-state index is 0.0604. The third-order valence-electron chi connectivity index (χ3n) is 1.90. The fourth-order valence-electron chi connectivity index (χ4n) is 0.910. The minimum Gasteiger partial charge on any atom is -0.356 e. The molecule has 0 radical (unpaired) electrons. The molecule has 5 heteroatoms. The Hall–Kier alpha value is -0.420. The Kier molecular flexibility index (Phi) is 7.70. The third-order valence-corrected chi connectivity index (χ3v) is 3.20. The molecule has 0 aromatic carbocycles. The Labute approximate surface area is 88.3 Å². The monoisotopic (exact) mass is 220 g/mol. The summed E-state index contributed by atoms with van der Waals surface area (Å²) < 4.78 is 11.0. The summed E-state index contributed by atoms with van der Waals surface area (Å²) in [5.74, 6) is 0.0604. The average Bonchev–Trinajstić information content (AvgIpc) is 2.12. The second-order valence-electron chi connectivity index (χ2n) is 3.22. The Balaban J connectivity index is 3.37. The molecule has 0 aliphatic rings. The van der Waals surface area contributed by atoms with Gasteiger partial charge in [0, 0.05) is 48.4 Å². The number of carbonyl (C=O) groups is 1. The van der Waals surface area contributed by atoms with Crippen LogP contribution in [0.1, 0.15) is 20.3 Å². The van der Waals surface area contributed by atoms with Gasteiger partial charge in [0.2, 0.25) is 5.91 Å². The molecule has 0 aliphatic heterocycles. The van der Waals surface area contributed by atoms with Crippen molar-refractivity contribution in [3.8, 4) is 0 Å². The molecule has 0 saturated carbocycles. The summed E-state index contributed by atoms with van der Waals surface area (Å²) in [6.07, 6.45) is 2.17. The molecule has 0 fully saturated rings. The van der Waals surface area contributed by atoms with E-state index in [1.807, 2.05) is 13.8 Å². The number of hydrogen-bond donors (Lipinski definition) is 2. The molecular formula is C9H20N2O2S. The minimum atomic E-state index is -0.791. The number of carbonyl (C=O) groups excluding carboxylic acids is 1. The highest BCUT2D eigenvalue weighted by Gasteiger charge is 2.05. The summed E-state index contributed by atoms with van der Waals surface area (Å²) in [5, 5.41) is 5.96. The smallest absolute Gasteiger partial charge is 0.221 e. The van der Waals surface area contributed by atoms with Crippen molar-refractivity contribution in [2.24, 2.45) is 0 Å². The van der Waals surface area contributed by atoms with Gasteiger partial charge in [-0.15, -0.1) is 0 Å². The molecule has 0 heterocycles. The first-order valence-corrected chi connectivity index (χ1v) is 6.49. The van der Waals surface area contributed by atoms with Gasteiger partial charge in [-0.2, -0.15) is 0 Å². The summed E-state index contributed by atoms with van der Waals surface area (Å²) in [7, 11) is -0.791. The molecule has 1 amide bonds. The first-order valence-electron chi connectivity index (χ1n) is 4.87. The second-order valence-corrected chi connectivity index (χ2v) is 5.02. The van der Waals surface area contributed by atoms with Crippen molar-refractivity contribution >= 4 is 16.7 Å². The zero-order valence-corrected chi connectivity index (χ0v) is 9.95. The summed E-state index contributed by atoms with van der Waals surface area (Å²) in [4.78, 5) is 11.0. The van der Waals surface area contributed by atoms with Crippen molar-refractivity contribution in [3.05, 3.63) is 0 Å². The molecule has 14 heavy (non-hydrogen) atoms. The predicted octanol–water partition coefficient (Wildman–Crippen LogP) is -0.131. The highest BCUT2D eigenvalue weighted by Crippen LogP contribution is 1.89. The molecule has 0 spiro atoms. The van der Waals surface area contributed by atoms with Crippen molar-refractivity contribution in [1.29, 1.82) is 0 Å². The van der Waals surface area contributed by atoms with E-state index in [9.17, 15) is 9.00 Å². The average molecular weight is 220 g/mol. The fourth-order valence-corrected chi connectivity index (χ4v) is 1.26. The van der Waals surface area contributed by atoms with Gasteiger partial charge in [-0.3, -0.25) is 9.00 Å². The lowest BCUT2D eigenvalue weighted by atomic mass is 10.4. The lowest BCUT2D eigenvalue weighted by Crippen LogP contribution is -2.32. The van der Waals surface area contributed by atoms with Crippen LogP contribution in [0.5, 0.6) is 0 Å². The normalized spacial score (nSPS) is 14.8. The van der Waals surface area contributed by atoms with Crippen molar-refractivity contribution in [1.82, 2.24) is 10.6 Å². The lowest BCUT2D eigenvalue weighted by Gasteiger charge is -2.09. The molecular weight excluding hydrogens is 200 g/mol. The first-order chi connectivity index (χ1) is 6.57. The van der Waals surface area contributed by atoms with E-state index < -0.39 is 10.8 Å². The van der Waals surface area contributed by atoms with E-state index in [1.54, 1.807) is 6.26 Å². The Morgan fingerprint density at radius 2 is 2.14 bits per heavy atom. The summed E-state index contributed by atoms with van der Waals surface area (Å²) in [6, 6.07) is 0. The maximum Gasteiger partial charge on any atom is 0.221 e. The summed E-state index contributed by atoms with van der Waals surface area (Å²) >= 11 is 0. The molecule has 0 aromatic heterocycles. The van der Waals surface area contributed by atoms with Gasteiger partial charge in [0.05, 0.1) is 0 Å². The van der Waals surface area contributed by atoms with Crippen molar-refractivity contribution in [2.75, 3.05) is 25.9 Å². The van der Waals surface area contributed by atoms with Gasteiger partial charge in [0.1, 0.15) is 0 Å². The Bertz CT molecular complexity index is 197. The van der Waals surface area contributed by atoms with Crippen molar-refractivity contribution < 1.29 is 9.00 Å². The van der Waals surface area contributed by atoms with Crippen molar-refractivity contribution in [2.45, 2.75) is 25.5 Å². The summed E-state index contributed by atoms with van der Waals surface area (Å²) in [6.45, 7) is 5.84. The molecule has 0 aromatic rings. The third kappa shape index (κ3) is 7.03. The van der Waals surface area contributed by atoms with Crippen LogP contribution in [0.15, 0.2) is 0 Å². The van der Waals surface area contributed by atoms with Crippen LogP contribution in [0.25, 0.3) is 0 Å². The molecule has 0 rings (SSSR count). The predicted molar refractivity (Wildman–Crippen MR) is 59.7 cm³/mol. The van der Waals surface area contributed by atoms with E-state index >= 15 is 0 Å². The topological polar surface area (TPSA) is 58.2 Å². The number of nitrogens with one attached hydrogen (secondary N) is 2. The van der Waals surface area contributed by atoms with E-state index in [4.69, 9.17) is 0 Å². The van der Waals surface area contributed by atoms with Gasteiger partial charge in [0.15, 0.2) is 0 Å². The van der Waals surface area contributed by atoms with Gasteiger partial charge >= 0.3 is 0 Å². The zero-order valence-electron chi connectivity index (χ0n) is 9.13. The van der Waals surface area contributed by atoms with Gasteiger partial charge in [0.25, 0.3) is 0 Å². The largest absolute Gasteiger partial charge is 0.356 e. The molecule has 84 valence electrons. The molecule has 2 atom stereocenters. The Morgan fingerprint density at radius 1 is 1.50 bits per heavy atom. The molecule has 0 aliphatic carbocycles. The number of hydrogen-bond acceptors (Lipinski definition) is 3. The SMILES string of the molecule is CCNC(=O)CCNCC(C)S(C)=O. The van der Waals surface area contributed by atoms with Crippen LogP contribution < -0.4 is 10.6 Å². The van der Waals surface area contributed by atoms with Gasteiger partial charge in [-0.1, -0.05) is 0 Å². The summed E-state index contributed by atoms with van der Waals surface area (Å²) in [5.41, 5.74) is 0. The van der Waals surface area contributed by atoms with Crippen LogP contribution in [-0.2, 0) is 15.6 Å². The van der Waals surface area contributed by atoms with E-state index in [-0.39, 0.29) is 11.2 Å². The number of amides is 1. The molecule has 0 bridgehead atoms. The maximum atomic E-state index is 11.0. The van der Waals surface area contributed by atoms with Gasteiger partial charge in [-0.05, 0) is 13.8 Å². The van der Waals surface area contributed by atoms with Crippen molar-refractivity contribution in [3.63, 3.8) is 0 Å². The second kappa shape index (κ2) is 7.94. The van der Waals surface area contributed by atoms with Crippen LogP contribution in [-0.4, -0.2) is 41.3 Å².